The fourth-order valence-corrected chi connectivity index (χ4v) is 9.58. The van der Waals surface area contributed by atoms with Crippen molar-refractivity contribution >= 4 is 68.3 Å². The third-order valence-corrected chi connectivity index (χ3v) is 12.5. The zero-order valence-electron chi connectivity index (χ0n) is 23.6. The van der Waals surface area contributed by atoms with Gasteiger partial charge in [0.05, 0.1) is 13.2 Å². The van der Waals surface area contributed by atoms with Crippen LogP contribution in [0.15, 0.2) is 46.9 Å². The Labute approximate surface area is 280 Å². The van der Waals surface area contributed by atoms with Crippen LogP contribution in [-0.2, 0) is 26.0 Å². The number of thiophene rings is 1. The molecular formula is C28H26Cl2F2N2O9S3. The van der Waals surface area contributed by atoms with Crippen LogP contribution in [0.2, 0.25) is 10.0 Å². The maximum absolute atomic E-state index is 13.4. The van der Waals surface area contributed by atoms with Gasteiger partial charge in [0.2, 0.25) is 0 Å². The highest BCUT2D eigenvalue weighted by Gasteiger charge is 2.42. The van der Waals surface area contributed by atoms with Crippen LogP contribution in [0.1, 0.15) is 39.6 Å². The Bertz CT molecular complexity index is 1700. The number of carbonyl (C=O) groups is 2. The average molecular weight is 740 g/mol. The molecule has 1 saturated heterocycles. The number of thioether (sulfide) groups is 1. The minimum Gasteiger partial charge on any atom is -0.619 e. The molecule has 2 aliphatic rings. The molecule has 1 aliphatic heterocycles. The standard InChI is InChI=1S/C28H26Cl2F2N2O9S3/c29-19-11-33(38)12-20(30)18(19)9-17(16-3-4-21(43-28(31)32)22(10-16)41-13-15-1-2-15)14-42-27(37)25-34(7-8-44-25)46(39,40)24-6-5-23(45-24)26(35)36/h3-6,10-12,15,17,25,28H,1-2,7-9,13-14H2,(H,35,36)/t17-,25?/m1/s1. The Morgan fingerprint density at radius 2 is 1.85 bits per heavy atom. The average Bonchev–Trinajstić information content (AvgIpc) is 3.44. The van der Waals surface area contributed by atoms with E-state index in [2.05, 4.69) is 4.74 Å². The molecule has 18 heteroatoms. The normalized spacial score (nSPS) is 17.6. The van der Waals surface area contributed by atoms with Gasteiger partial charge in [0.25, 0.3) is 10.0 Å². The summed E-state index contributed by atoms with van der Waals surface area (Å²) in [5.74, 6) is -2.38. The molecule has 2 atom stereocenters. The number of carbonyl (C=O) groups excluding carboxylic acids is 1. The second-order valence-corrected chi connectivity index (χ2v) is 15.6. The molecule has 0 bridgehead atoms. The Kier molecular flexibility index (Phi) is 10.8. The molecule has 1 aromatic carbocycles. The first kappa shape index (κ1) is 34.4. The van der Waals surface area contributed by atoms with Gasteiger partial charge in [0.15, 0.2) is 29.3 Å². The van der Waals surface area contributed by atoms with Gasteiger partial charge in [-0.05, 0) is 55.0 Å². The molecular weight excluding hydrogens is 713 g/mol. The van der Waals surface area contributed by atoms with Gasteiger partial charge in [-0.15, -0.1) is 23.1 Å². The minimum absolute atomic E-state index is 0.00574. The summed E-state index contributed by atoms with van der Waals surface area (Å²) >= 11 is 14.3. The van der Waals surface area contributed by atoms with E-state index in [-0.39, 0.29) is 56.0 Å². The molecule has 0 radical (unpaired) electrons. The fraction of sp³-hybridized carbons (Fsp3) is 0.393. The number of benzene rings is 1. The van der Waals surface area contributed by atoms with E-state index >= 15 is 0 Å². The third-order valence-electron chi connectivity index (χ3n) is 7.17. The van der Waals surface area contributed by atoms with Crippen molar-refractivity contribution in [2.24, 2.45) is 5.92 Å². The number of aromatic carboxylic acids is 1. The van der Waals surface area contributed by atoms with E-state index in [0.717, 1.165) is 41.3 Å². The van der Waals surface area contributed by atoms with Crippen LogP contribution in [0.5, 0.6) is 11.5 Å². The van der Waals surface area contributed by atoms with Gasteiger partial charge < -0.3 is 24.5 Å². The van der Waals surface area contributed by atoms with Gasteiger partial charge in [-0.3, -0.25) is 0 Å². The third kappa shape index (κ3) is 8.15. The van der Waals surface area contributed by atoms with Crippen molar-refractivity contribution in [3.63, 3.8) is 0 Å². The number of rotatable bonds is 14. The van der Waals surface area contributed by atoms with Crippen molar-refractivity contribution in [2.45, 2.75) is 41.4 Å². The van der Waals surface area contributed by atoms with E-state index < -0.39 is 39.9 Å². The molecule has 0 amide bonds. The van der Waals surface area contributed by atoms with Crippen LogP contribution in [0, 0.1) is 11.1 Å². The molecule has 2 fully saturated rings. The number of carboxylic acids is 1. The summed E-state index contributed by atoms with van der Waals surface area (Å²) in [6.45, 7) is -3.13. The van der Waals surface area contributed by atoms with Crippen LogP contribution in [-0.4, -0.2) is 67.3 Å². The van der Waals surface area contributed by atoms with Gasteiger partial charge in [-0.25, -0.2) is 18.0 Å². The first-order valence-electron chi connectivity index (χ1n) is 13.7. The molecule has 2 aromatic heterocycles. The maximum Gasteiger partial charge on any atom is 0.387 e. The summed E-state index contributed by atoms with van der Waals surface area (Å²) in [4.78, 5) is 24.5. The molecule has 11 nitrogen and oxygen atoms in total. The highest BCUT2D eigenvalue weighted by Crippen LogP contribution is 2.38. The van der Waals surface area contributed by atoms with E-state index in [1.165, 1.54) is 30.3 Å². The summed E-state index contributed by atoms with van der Waals surface area (Å²) in [6.07, 6.45) is 4.15. The minimum atomic E-state index is -4.22. The van der Waals surface area contributed by atoms with Crippen molar-refractivity contribution in [3.05, 3.63) is 74.0 Å². The molecule has 1 saturated carbocycles. The lowest BCUT2D eigenvalue weighted by Gasteiger charge is -2.24. The van der Waals surface area contributed by atoms with E-state index in [9.17, 15) is 37.1 Å². The second kappa shape index (κ2) is 14.5. The van der Waals surface area contributed by atoms with Crippen LogP contribution in [0.25, 0.3) is 0 Å². The summed E-state index contributed by atoms with van der Waals surface area (Å²) < 4.78 is 70.2. The van der Waals surface area contributed by atoms with Crippen molar-refractivity contribution < 1.29 is 50.8 Å². The molecule has 248 valence electrons. The molecule has 1 aliphatic carbocycles. The Morgan fingerprint density at radius 1 is 1.13 bits per heavy atom. The van der Waals surface area contributed by atoms with E-state index in [0.29, 0.717) is 39.7 Å². The summed E-state index contributed by atoms with van der Waals surface area (Å²) in [7, 11) is -4.22. The predicted octanol–water partition coefficient (Wildman–Crippen LogP) is 5.41. The molecule has 1 unspecified atom stereocenters. The number of carboxylic acid groups (broad SMARTS) is 1. The zero-order chi connectivity index (χ0) is 33.2. The smallest absolute Gasteiger partial charge is 0.387 e. The number of pyridine rings is 1. The number of hydrogen-bond acceptors (Lipinski definition) is 10. The monoisotopic (exact) mass is 738 g/mol. The summed E-state index contributed by atoms with van der Waals surface area (Å²) in [6, 6.07) is 6.65. The number of esters is 1. The van der Waals surface area contributed by atoms with Gasteiger partial charge in [0, 0.05) is 23.8 Å². The summed E-state index contributed by atoms with van der Waals surface area (Å²) in [5, 5.41) is 19.9. The quantitative estimate of drug-likeness (QED) is 0.129. The molecule has 3 heterocycles. The molecule has 0 spiro atoms. The highest BCUT2D eigenvalue weighted by molar-refractivity contribution is 8.02. The predicted molar refractivity (Wildman–Crippen MR) is 166 cm³/mol. The van der Waals surface area contributed by atoms with E-state index in [4.69, 9.17) is 32.7 Å². The number of aromatic nitrogens is 1. The Morgan fingerprint density at radius 3 is 2.48 bits per heavy atom. The summed E-state index contributed by atoms with van der Waals surface area (Å²) in [5.41, 5.74) is 0.839. The fourth-order valence-electron chi connectivity index (χ4n) is 4.65. The Hall–Kier alpha value is -2.89. The number of hydrogen-bond donors (Lipinski definition) is 1. The van der Waals surface area contributed by atoms with Crippen LogP contribution in [0.3, 0.4) is 0 Å². The second-order valence-electron chi connectivity index (χ2n) is 10.4. The SMILES string of the molecule is O=C(O)c1ccc(S(=O)(=O)N2CCSC2C(=O)OC[C@@H](Cc2c(Cl)c[n+]([O-])cc2Cl)c2ccc(OC(F)F)c(OCC3CC3)c2)s1. The number of ether oxygens (including phenoxy) is 3. The van der Waals surface area contributed by atoms with E-state index in [1.54, 1.807) is 0 Å². The van der Waals surface area contributed by atoms with Crippen molar-refractivity contribution in [3.8, 4) is 11.5 Å². The molecule has 46 heavy (non-hydrogen) atoms. The lowest BCUT2D eigenvalue weighted by atomic mass is 9.92. The topological polar surface area (TPSA) is 146 Å². The van der Waals surface area contributed by atoms with Gasteiger partial charge in [0.1, 0.15) is 19.1 Å². The van der Waals surface area contributed by atoms with Crippen LogP contribution >= 0.6 is 46.3 Å². The lowest BCUT2D eigenvalue weighted by molar-refractivity contribution is -0.605. The highest BCUT2D eigenvalue weighted by atomic mass is 35.5. The van der Waals surface area contributed by atoms with Gasteiger partial charge in [-0.1, -0.05) is 29.3 Å². The zero-order valence-corrected chi connectivity index (χ0v) is 27.6. The van der Waals surface area contributed by atoms with Crippen LogP contribution in [0.4, 0.5) is 8.78 Å². The maximum atomic E-state index is 13.4. The van der Waals surface area contributed by atoms with Gasteiger partial charge in [-0.2, -0.15) is 17.8 Å². The van der Waals surface area contributed by atoms with Gasteiger partial charge >= 0.3 is 18.6 Å². The number of sulfonamides is 1. The number of halogens is 4. The first-order chi connectivity index (χ1) is 21.8. The number of alkyl halides is 2. The largest absolute Gasteiger partial charge is 0.619 e. The molecule has 3 aromatic rings. The van der Waals surface area contributed by atoms with Crippen molar-refractivity contribution in [1.29, 1.82) is 0 Å². The van der Waals surface area contributed by atoms with Crippen LogP contribution < -0.4 is 14.2 Å². The number of nitrogens with zero attached hydrogens (tertiary/aromatic N) is 2. The van der Waals surface area contributed by atoms with Crippen molar-refractivity contribution in [2.75, 3.05) is 25.5 Å². The molecule has 5 rings (SSSR count). The Balaban J connectivity index is 1.40. The first-order valence-corrected chi connectivity index (χ1v) is 17.8. The van der Waals surface area contributed by atoms with Crippen molar-refractivity contribution in [1.82, 2.24) is 4.31 Å². The lowest BCUT2D eigenvalue weighted by Crippen LogP contribution is -2.40. The van der Waals surface area contributed by atoms with E-state index in [1.807, 2.05) is 0 Å². The molecule has 1 N–H and O–H groups in total.